The zero-order valence-electron chi connectivity index (χ0n) is 8.67. The lowest BCUT2D eigenvalue weighted by Gasteiger charge is -2.23. The van der Waals surface area contributed by atoms with E-state index in [-0.39, 0.29) is 6.61 Å². The van der Waals surface area contributed by atoms with Gasteiger partial charge < -0.3 is 14.7 Å². The van der Waals surface area contributed by atoms with E-state index >= 15 is 0 Å². The van der Waals surface area contributed by atoms with Gasteiger partial charge in [0, 0.05) is 25.9 Å². The molecule has 0 radical (unpaired) electrons. The highest BCUT2D eigenvalue weighted by molar-refractivity contribution is 5.43. The lowest BCUT2D eigenvalue weighted by atomic mass is 10.3. The molecule has 0 bridgehead atoms. The van der Waals surface area contributed by atoms with Crippen molar-refractivity contribution in [2.24, 2.45) is 0 Å². The van der Waals surface area contributed by atoms with Crippen molar-refractivity contribution in [1.82, 2.24) is 4.98 Å². The average Bonchev–Trinajstić information content (AvgIpc) is 3.09. The summed E-state index contributed by atoms with van der Waals surface area (Å²) in [7, 11) is 0. The maximum Gasteiger partial charge on any atom is 0.0984 e. The molecule has 1 fully saturated rings. The van der Waals surface area contributed by atoms with Crippen LogP contribution in [-0.4, -0.2) is 42.5 Å². The van der Waals surface area contributed by atoms with Gasteiger partial charge in [0.25, 0.3) is 0 Å². The number of hydrogen-bond donors (Lipinski definition) is 1. The summed E-state index contributed by atoms with van der Waals surface area (Å²) in [5.74, 6) is 0. The lowest BCUT2D eigenvalue weighted by molar-refractivity contribution is 0.288. The van der Waals surface area contributed by atoms with E-state index in [2.05, 4.69) is 9.88 Å². The van der Waals surface area contributed by atoms with Gasteiger partial charge in [0.15, 0.2) is 0 Å². The topological polar surface area (TPSA) is 48.9 Å². The second-order valence-corrected chi connectivity index (χ2v) is 3.69. The van der Waals surface area contributed by atoms with Crippen LogP contribution in [-0.2, 0) is 4.74 Å². The molecule has 1 saturated heterocycles. The molecular formula is C11H16N2O2. The third-order valence-electron chi connectivity index (χ3n) is 2.42. The van der Waals surface area contributed by atoms with Gasteiger partial charge in [-0.3, -0.25) is 4.98 Å². The van der Waals surface area contributed by atoms with E-state index in [0.29, 0.717) is 6.10 Å². The molecule has 4 nitrogen and oxygen atoms in total. The number of epoxide rings is 1. The number of aliphatic hydroxyl groups excluding tert-OH is 1. The van der Waals surface area contributed by atoms with Crippen LogP contribution in [0.25, 0.3) is 0 Å². The highest BCUT2D eigenvalue weighted by atomic mass is 16.6. The predicted molar refractivity (Wildman–Crippen MR) is 57.9 cm³/mol. The summed E-state index contributed by atoms with van der Waals surface area (Å²) in [5.41, 5.74) is 1.10. The Balaban J connectivity index is 1.96. The van der Waals surface area contributed by atoms with Crippen molar-refractivity contribution in [3.05, 3.63) is 24.5 Å². The van der Waals surface area contributed by atoms with E-state index in [0.717, 1.165) is 31.8 Å². The minimum Gasteiger partial charge on any atom is -0.396 e. The van der Waals surface area contributed by atoms with E-state index in [4.69, 9.17) is 9.84 Å². The van der Waals surface area contributed by atoms with E-state index in [9.17, 15) is 0 Å². The summed E-state index contributed by atoms with van der Waals surface area (Å²) in [4.78, 5) is 6.31. The van der Waals surface area contributed by atoms with E-state index in [1.807, 2.05) is 18.3 Å². The summed E-state index contributed by atoms with van der Waals surface area (Å²) in [6.45, 7) is 2.83. The Morgan fingerprint density at radius 1 is 1.60 bits per heavy atom. The van der Waals surface area contributed by atoms with Crippen molar-refractivity contribution < 1.29 is 9.84 Å². The molecule has 1 atom stereocenters. The zero-order valence-corrected chi connectivity index (χ0v) is 8.67. The van der Waals surface area contributed by atoms with Gasteiger partial charge in [-0.2, -0.15) is 0 Å². The molecule has 1 aromatic rings. The van der Waals surface area contributed by atoms with Crippen molar-refractivity contribution in [1.29, 1.82) is 0 Å². The smallest absolute Gasteiger partial charge is 0.0984 e. The predicted octanol–water partition coefficient (Wildman–Crippen LogP) is 0.669. The van der Waals surface area contributed by atoms with Gasteiger partial charge in [-0.1, -0.05) is 0 Å². The first kappa shape index (κ1) is 10.4. The lowest BCUT2D eigenvalue weighted by Crippen LogP contribution is -2.29. The standard InChI is InChI=1S/C11H16N2O2/c14-6-2-5-13(8-11-9-15-11)10-3-1-4-12-7-10/h1,3-4,7,11,14H,2,5-6,8-9H2. The van der Waals surface area contributed by atoms with E-state index in [1.165, 1.54) is 0 Å². The Labute approximate surface area is 89.5 Å². The molecule has 1 aliphatic rings. The molecule has 1 aliphatic heterocycles. The van der Waals surface area contributed by atoms with Crippen molar-refractivity contribution in [2.75, 3.05) is 31.2 Å². The summed E-state index contributed by atoms with van der Waals surface area (Å²) in [5, 5.41) is 8.84. The zero-order chi connectivity index (χ0) is 10.5. The van der Waals surface area contributed by atoms with Gasteiger partial charge in [-0.25, -0.2) is 0 Å². The third kappa shape index (κ3) is 3.18. The summed E-state index contributed by atoms with van der Waals surface area (Å²) in [6.07, 6.45) is 4.76. The van der Waals surface area contributed by atoms with Gasteiger partial charge >= 0.3 is 0 Å². The molecule has 2 heterocycles. The molecule has 0 spiro atoms. The molecule has 82 valence electrons. The van der Waals surface area contributed by atoms with Crippen molar-refractivity contribution in [3.63, 3.8) is 0 Å². The largest absolute Gasteiger partial charge is 0.396 e. The molecule has 4 heteroatoms. The first-order valence-corrected chi connectivity index (χ1v) is 5.27. The summed E-state index contributed by atoms with van der Waals surface area (Å²) in [6, 6.07) is 3.96. The SMILES string of the molecule is OCCCN(CC1CO1)c1cccnc1. The fourth-order valence-corrected chi connectivity index (χ4v) is 1.55. The third-order valence-corrected chi connectivity index (χ3v) is 2.42. The average molecular weight is 208 g/mol. The fourth-order valence-electron chi connectivity index (χ4n) is 1.55. The minimum absolute atomic E-state index is 0.224. The first-order valence-electron chi connectivity index (χ1n) is 5.27. The Kier molecular flexibility index (Phi) is 3.53. The number of nitrogens with zero attached hydrogens (tertiary/aromatic N) is 2. The molecule has 2 rings (SSSR count). The number of aliphatic hydroxyl groups is 1. The molecule has 0 saturated carbocycles. The number of anilines is 1. The molecule has 1 aromatic heterocycles. The van der Waals surface area contributed by atoms with E-state index < -0.39 is 0 Å². The summed E-state index contributed by atoms with van der Waals surface area (Å²) < 4.78 is 5.22. The van der Waals surface area contributed by atoms with Crippen LogP contribution in [0.4, 0.5) is 5.69 Å². The highest BCUT2D eigenvalue weighted by Gasteiger charge is 2.25. The number of aromatic nitrogens is 1. The number of rotatable bonds is 6. The van der Waals surface area contributed by atoms with Crippen LogP contribution >= 0.6 is 0 Å². The number of pyridine rings is 1. The molecular weight excluding hydrogens is 192 g/mol. The fraction of sp³-hybridized carbons (Fsp3) is 0.545. The van der Waals surface area contributed by atoms with Crippen LogP contribution in [0.3, 0.4) is 0 Å². The Morgan fingerprint density at radius 2 is 2.47 bits per heavy atom. The maximum absolute atomic E-state index is 8.84. The Morgan fingerprint density at radius 3 is 3.07 bits per heavy atom. The Bertz CT molecular complexity index is 288. The monoisotopic (exact) mass is 208 g/mol. The van der Waals surface area contributed by atoms with Crippen LogP contribution in [0.15, 0.2) is 24.5 Å². The molecule has 15 heavy (non-hydrogen) atoms. The minimum atomic E-state index is 0.224. The van der Waals surface area contributed by atoms with Crippen LogP contribution in [0.5, 0.6) is 0 Å². The quantitative estimate of drug-likeness (QED) is 0.698. The normalized spacial score (nSPS) is 18.9. The van der Waals surface area contributed by atoms with Crippen LogP contribution in [0.1, 0.15) is 6.42 Å². The maximum atomic E-state index is 8.84. The van der Waals surface area contributed by atoms with Crippen LogP contribution < -0.4 is 4.90 Å². The molecule has 1 unspecified atom stereocenters. The van der Waals surface area contributed by atoms with Gasteiger partial charge in [0.05, 0.1) is 24.6 Å². The van der Waals surface area contributed by atoms with Crippen molar-refractivity contribution in [2.45, 2.75) is 12.5 Å². The van der Waals surface area contributed by atoms with Crippen molar-refractivity contribution in [3.8, 4) is 0 Å². The number of hydrogen-bond acceptors (Lipinski definition) is 4. The van der Waals surface area contributed by atoms with E-state index in [1.54, 1.807) is 6.20 Å². The second kappa shape index (κ2) is 5.09. The van der Waals surface area contributed by atoms with Gasteiger partial charge in [0.1, 0.15) is 0 Å². The first-order chi connectivity index (χ1) is 7.40. The second-order valence-electron chi connectivity index (χ2n) is 3.69. The number of ether oxygens (including phenoxy) is 1. The summed E-state index contributed by atoms with van der Waals surface area (Å²) >= 11 is 0. The highest BCUT2D eigenvalue weighted by Crippen LogP contribution is 2.17. The molecule has 1 N–H and O–H groups in total. The Hall–Kier alpha value is -1.13. The molecule has 0 aliphatic carbocycles. The van der Waals surface area contributed by atoms with Crippen molar-refractivity contribution >= 4 is 5.69 Å². The van der Waals surface area contributed by atoms with Gasteiger partial charge in [-0.05, 0) is 18.6 Å². The van der Waals surface area contributed by atoms with Gasteiger partial charge in [-0.15, -0.1) is 0 Å². The van der Waals surface area contributed by atoms with Crippen LogP contribution in [0, 0.1) is 0 Å². The van der Waals surface area contributed by atoms with Gasteiger partial charge in [0.2, 0.25) is 0 Å². The van der Waals surface area contributed by atoms with Crippen LogP contribution in [0.2, 0.25) is 0 Å². The molecule has 0 aromatic carbocycles. The molecule has 0 amide bonds.